The summed E-state index contributed by atoms with van der Waals surface area (Å²) in [5.41, 5.74) is -28.6. The summed E-state index contributed by atoms with van der Waals surface area (Å²) in [6, 6.07) is 21.7. The molecule has 5 rings (SSSR count). The van der Waals surface area contributed by atoms with E-state index in [1.165, 1.54) is 44.7 Å². The van der Waals surface area contributed by atoms with Gasteiger partial charge in [0.1, 0.15) is 52.9 Å². The van der Waals surface area contributed by atoms with Crippen LogP contribution in [-0.4, -0.2) is 175 Å². The summed E-state index contributed by atoms with van der Waals surface area (Å²) in [6.07, 6.45) is -22.2. The van der Waals surface area contributed by atoms with E-state index >= 15 is 0 Å². The molecule has 2 N–H and O–H groups in total. The molecule has 2 aliphatic carbocycles. The third-order valence-electron chi connectivity index (χ3n) is 28.1. The van der Waals surface area contributed by atoms with Crippen molar-refractivity contribution >= 4 is 54.1 Å². The Kier molecular flexibility index (Phi) is 46.4. The zero-order valence-electron chi connectivity index (χ0n) is 87.5. The molecule has 1 heterocycles. The first-order chi connectivity index (χ1) is 63.0. The summed E-state index contributed by atoms with van der Waals surface area (Å²) in [5, 5.41) is 5.31. The normalized spacial score (nSPS) is 17.2. The zero-order chi connectivity index (χ0) is 109. The fourth-order valence-electron chi connectivity index (χ4n) is 15.7. The number of hydrogen-bond acceptors (Lipinski definition) is 18. The van der Waals surface area contributed by atoms with Gasteiger partial charge in [0, 0.05) is 25.9 Å². The Morgan fingerprint density at radius 1 is 0.379 bits per heavy atom. The van der Waals surface area contributed by atoms with Gasteiger partial charge in [-0.2, -0.15) is 79.0 Å². The molecule has 4 atom stereocenters. The van der Waals surface area contributed by atoms with E-state index < -0.39 is 168 Å². The predicted octanol–water partition coefficient (Wildman–Crippen LogP) is 28.1. The first kappa shape index (κ1) is 130. The molecule has 0 aromatic heterocycles. The molecule has 4 unspecified atom stereocenters. The van der Waals surface area contributed by atoms with E-state index in [1.54, 1.807) is 32.6 Å². The Hall–Kier alpha value is -8.19. The largest absolute Gasteiger partial charge is 0.463 e. The van der Waals surface area contributed by atoms with Crippen molar-refractivity contribution in [3.8, 4) is 0 Å². The van der Waals surface area contributed by atoms with Crippen molar-refractivity contribution in [1.82, 2.24) is 15.5 Å². The molecule has 39 heteroatoms. The average molecular weight is 2040 g/mol. The number of halogens is 18. The highest BCUT2D eigenvalue weighted by Crippen LogP contribution is 2.62. The summed E-state index contributed by atoms with van der Waals surface area (Å²) >= 11 is 0. The molecule has 140 heavy (non-hydrogen) atoms. The van der Waals surface area contributed by atoms with Gasteiger partial charge in [-0.05, 0) is 292 Å². The van der Waals surface area contributed by atoms with E-state index in [2.05, 4.69) is 89.9 Å². The van der Waals surface area contributed by atoms with Gasteiger partial charge in [0.2, 0.25) is 0 Å². The van der Waals surface area contributed by atoms with E-state index in [0.29, 0.717) is 85.7 Å². The van der Waals surface area contributed by atoms with Gasteiger partial charge in [-0.25, -0.2) is 14.4 Å². The number of carbonyl (C=O) groups excluding carboxylic acids is 9. The molecule has 0 bridgehead atoms. The molecule has 2 saturated carbocycles. The molecule has 21 nitrogen and oxygen atoms in total. The first-order valence-corrected chi connectivity index (χ1v) is 47.7. The fraction of sp³-hybridized carbons (Fsp3) is 0.792. The number of nitrogens with one attached hydrogen (secondary N) is 2. The number of likely N-dealkylation sites (tertiary alicyclic amines) is 1. The van der Waals surface area contributed by atoms with E-state index in [1.807, 2.05) is 62.3 Å². The number of benzene rings is 2. The van der Waals surface area contributed by atoms with Crippen molar-refractivity contribution in [2.24, 2.45) is 48.7 Å². The lowest BCUT2D eigenvalue weighted by Crippen LogP contribution is -2.63. The van der Waals surface area contributed by atoms with E-state index in [-0.39, 0.29) is 84.5 Å². The van der Waals surface area contributed by atoms with Crippen LogP contribution in [0.2, 0.25) is 0 Å². The first-order valence-electron chi connectivity index (χ1n) is 47.7. The van der Waals surface area contributed by atoms with Crippen LogP contribution in [0.4, 0.5) is 93.4 Å². The lowest BCUT2D eigenvalue weighted by Gasteiger charge is -2.47. The van der Waals surface area contributed by atoms with Gasteiger partial charge in [-0.3, -0.25) is 28.8 Å². The second-order valence-electron chi connectivity index (χ2n) is 43.5. The van der Waals surface area contributed by atoms with Crippen LogP contribution < -0.4 is 10.6 Å². The summed E-state index contributed by atoms with van der Waals surface area (Å²) in [6.45, 7) is 39.3. The maximum Gasteiger partial charge on any atom is 0.410 e. The quantitative estimate of drug-likeness (QED) is 0.0285. The maximum absolute atomic E-state index is 13.6. The van der Waals surface area contributed by atoms with Crippen molar-refractivity contribution in [2.75, 3.05) is 39.4 Å². The minimum atomic E-state index is -5.93. The highest BCUT2D eigenvalue weighted by Gasteiger charge is 2.79. The zero-order valence-corrected chi connectivity index (χ0v) is 87.5. The summed E-state index contributed by atoms with van der Waals surface area (Å²) in [5.74, 6) is -4.12. The second-order valence-corrected chi connectivity index (χ2v) is 43.5. The summed E-state index contributed by atoms with van der Waals surface area (Å²) in [4.78, 5) is 114. The molecule has 1 saturated heterocycles. The van der Waals surface area contributed by atoms with Gasteiger partial charge in [-0.1, -0.05) is 115 Å². The van der Waals surface area contributed by atoms with Gasteiger partial charge in [-0.15, -0.1) is 0 Å². The lowest BCUT2D eigenvalue weighted by atomic mass is 9.70. The number of piperidine rings is 1. The van der Waals surface area contributed by atoms with E-state index in [4.69, 9.17) is 37.9 Å². The molecule has 2 aromatic rings. The van der Waals surface area contributed by atoms with Gasteiger partial charge in [0.15, 0.2) is 16.2 Å². The highest BCUT2D eigenvalue weighted by atomic mass is 19.4. The number of ether oxygens (including phenoxy) is 9. The van der Waals surface area contributed by atoms with Crippen LogP contribution >= 0.6 is 0 Å². The molecular weight excluding hydrogens is 1890 g/mol. The topological polar surface area (TPSA) is 264 Å². The Morgan fingerprint density at radius 3 is 0.993 bits per heavy atom. The molecule has 3 aliphatic rings. The number of nitrogens with zero attached hydrogens (tertiary/aromatic N) is 1. The smallest absolute Gasteiger partial charge is 0.410 e. The van der Waals surface area contributed by atoms with Gasteiger partial charge in [0.25, 0.3) is 0 Å². The molecule has 810 valence electrons. The predicted molar refractivity (Wildman–Crippen MR) is 493 cm³/mol. The molecule has 1 aliphatic heterocycles. The van der Waals surface area contributed by atoms with Crippen LogP contribution in [0.25, 0.3) is 0 Å². The van der Waals surface area contributed by atoms with Crippen LogP contribution in [0.3, 0.4) is 0 Å². The van der Waals surface area contributed by atoms with Crippen molar-refractivity contribution < 1.29 is 165 Å². The van der Waals surface area contributed by atoms with Crippen molar-refractivity contribution in [3.05, 3.63) is 71.8 Å². The van der Waals surface area contributed by atoms with Gasteiger partial charge < -0.3 is 58.2 Å². The van der Waals surface area contributed by atoms with Crippen molar-refractivity contribution in [2.45, 2.75) is 425 Å². The second kappa shape index (κ2) is 50.1. The SMILES string of the molecule is CCC(C)(C)C(=O)OC(C)(C)C(C)(C(F)(F)F)C(F)(F)F.CCC(C)(C)C(=O)OC1CCN(C(=O)OC(C)(C)C)CC1.CCC(C)(CC(C)(C)C(=O)OC(C)(C)C(C)(C(F)(F)F)C(F)(F)F)C(=O)OC(C)(C)C(C)(C(F)(F)F)C(F)(F)F.CCC(C)(CC(C)(C)C(=O)OCCNC(=O)OC1(C)CCCCC1)C(=O)OCCNC(=O)OC1(C)CCCCC1.CCC(CC(C)c1ccccc1)c1ccccc1. The van der Waals surface area contributed by atoms with Crippen LogP contribution in [0, 0.1) is 48.7 Å². The highest BCUT2D eigenvalue weighted by molar-refractivity contribution is 5.82. The molecule has 0 radical (unpaired) electrons. The van der Waals surface area contributed by atoms with E-state index in [0.717, 1.165) is 91.4 Å². The minimum Gasteiger partial charge on any atom is -0.463 e. The minimum absolute atomic E-state index is 0.000768. The van der Waals surface area contributed by atoms with Crippen molar-refractivity contribution in [1.29, 1.82) is 0 Å². The van der Waals surface area contributed by atoms with E-state index in [9.17, 15) is 122 Å². The fourth-order valence-corrected chi connectivity index (χ4v) is 15.7. The van der Waals surface area contributed by atoms with Crippen molar-refractivity contribution in [3.63, 3.8) is 0 Å². The summed E-state index contributed by atoms with van der Waals surface area (Å²) < 4.78 is 288. The Labute approximate surface area is 815 Å². The standard InChI is InChI=1S/C30H52N2O8.C24H34F12O4.C18H22.C16H29NO4.C13H20F6O2/c1-7-28(4,24(34)38-21-19-32-26(36)40-30(6)16-12-9-13-17-30)22-27(2,3)23(33)37-20-18-31-25(35)39-29(5)14-10-8-11-15-29;1-11-18(8,14(38)40-17(6,7)20(10,23(31,32)33)24(34,35)36)12-15(2,3)13(37)39-16(4,5)19(9,21(25,26)27)22(28,29)30;1-3-16(18-12-8-5-9-13-18)14-15(2)17-10-6-4-7-11-17;1-7-16(5,6)13(18)20-12-8-10-17(11-9-12)14(19)21-15(2,3)4;1-7-9(2,3)8(20)21-10(4,5)11(6,12(14,15)16)13(17,18)19/h7-22H2,1-6H3,(H,31,35)(H,32,36);11-12H2,1-10H3;4-13,15-16H,3,14H2,1-2H3;12H,7-11H2,1-6H3;7H2,1-6H3. The monoisotopic (exact) mass is 2040 g/mol. The third kappa shape index (κ3) is 35.9. The number of alkyl carbamates (subject to hydrolysis) is 2. The average Bonchev–Trinajstić information content (AvgIpc) is 0.735. The van der Waals surface area contributed by atoms with Gasteiger partial charge >= 0.3 is 91.2 Å². The van der Waals surface area contributed by atoms with Crippen LogP contribution in [0.15, 0.2) is 60.7 Å². The van der Waals surface area contributed by atoms with Crippen LogP contribution in [0.5, 0.6) is 0 Å². The van der Waals surface area contributed by atoms with Crippen LogP contribution in [0.1, 0.15) is 359 Å². The number of alkyl halides is 18. The molecule has 3 amide bonds. The number of amides is 3. The maximum atomic E-state index is 13.6. The molecule has 2 aromatic carbocycles. The van der Waals surface area contributed by atoms with Gasteiger partial charge in [0.05, 0.1) is 45.6 Å². The molecule has 0 spiro atoms. The Bertz CT molecular complexity index is 4210. The Balaban J connectivity index is 0.000000910. The summed E-state index contributed by atoms with van der Waals surface area (Å²) in [7, 11) is 0. The lowest BCUT2D eigenvalue weighted by molar-refractivity contribution is -0.379. The van der Waals surface area contributed by atoms with Crippen LogP contribution in [-0.2, 0) is 71.4 Å². The third-order valence-corrected chi connectivity index (χ3v) is 28.1. The Morgan fingerprint density at radius 2 is 0.679 bits per heavy atom. The number of rotatable bonds is 34. The number of hydrogen-bond donors (Lipinski definition) is 2. The molecular formula is C101H157F18N3O18. The number of carbonyl (C=O) groups is 9. The molecule has 3 fully saturated rings. The number of esters is 6.